The lowest BCUT2D eigenvalue weighted by molar-refractivity contribution is -0.133. The lowest BCUT2D eigenvalue weighted by atomic mass is 10.2. The Morgan fingerprint density at radius 2 is 1.92 bits per heavy atom. The van der Waals surface area contributed by atoms with E-state index in [-0.39, 0.29) is 24.4 Å². The third kappa shape index (κ3) is 3.98. The number of piperazine rings is 1. The number of nitrogens with zero attached hydrogens (tertiary/aromatic N) is 4. The standard InChI is InChI=1S/C16H17F3N4O2/c17-11-1-2-13-12(7-11)16(25)23(10-20-13)9-15(24)22-5-3-21(4-6-22)8-14(18)19/h1-2,7,10,14H,3-6,8-9H2. The van der Waals surface area contributed by atoms with E-state index in [9.17, 15) is 22.8 Å². The molecule has 0 saturated carbocycles. The molecule has 2 aromatic rings. The van der Waals surface area contributed by atoms with Crippen molar-refractivity contribution in [2.45, 2.75) is 13.0 Å². The normalized spacial score (nSPS) is 15.9. The van der Waals surface area contributed by atoms with Crippen molar-refractivity contribution in [3.63, 3.8) is 0 Å². The van der Waals surface area contributed by atoms with E-state index in [0.717, 1.165) is 10.6 Å². The van der Waals surface area contributed by atoms with Crippen LogP contribution in [-0.4, -0.2) is 64.4 Å². The molecule has 0 aliphatic carbocycles. The molecule has 1 amide bonds. The van der Waals surface area contributed by atoms with Crippen molar-refractivity contribution < 1.29 is 18.0 Å². The Morgan fingerprint density at radius 1 is 1.20 bits per heavy atom. The molecule has 0 N–H and O–H groups in total. The topological polar surface area (TPSA) is 58.4 Å². The minimum atomic E-state index is -2.40. The molecule has 2 heterocycles. The number of alkyl halides is 2. The highest BCUT2D eigenvalue weighted by Gasteiger charge is 2.23. The van der Waals surface area contributed by atoms with Gasteiger partial charge in [-0.05, 0) is 18.2 Å². The summed E-state index contributed by atoms with van der Waals surface area (Å²) in [6.07, 6.45) is -1.14. The number of carbonyl (C=O) groups is 1. The lowest BCUT2D eigenvalue weighted by Gasteiger charge is -2.34. The summed E-state index contributed by atoms with van der Waals surface area (Å²) in [4.78, 5) is 31.9. The molecular formula is C16H17F3N4O2. The van der Waals surface area contributed by atoms with Crippen molar-refractivity contribution in [1.82, 2.24) is 19.4 Å². The first-order valence-corrected chi connectivity index (χ1v) is 7.87. The quantitative estimate of drug-likeness (QED) is 0.820. The summed E-state index contributed by atoms with van der Waals surface area (Å²) in [5.74, 6) is -0.845. The number of carbonyl (C=O) groups excluding carboxylic acids is 1. The van der Waals surface area contributed by atoms with E-state index >= 15 is 0 Å². The monoisotopic (exact) mass is 354 g/mol. The molecule has 0 radical (unpaired) electrons. The molecular weight excluding hydrogens is 337 g/mol. The van der Waals surface area contributed by atoms with Crippen LogP contribution in [0.25, 0.3) is 10.9 Å². The van der Waals surface area contributed by atoms with Gasteiger partial charge < -0.3 is 4.90 Å². The largest absolute Gasteiger partial charge is 0.339 e. The summed E-state index contributed by atoms with van der Waals surface area (Å²) in [6.45, 7) is 0.874. The molecule has 6 nitrogen and oxygen atoms in total. The average molecular weight is 354 g/mol. The van der Waals surface area contributed by atoms with Crippen LogP contribution in [0.1, 0.15) is 0 Å². The molecule has 3 rings (SSSR count). The zero-order valence-electron chi connectivity index (χ0n) is 13.4. The molecule has 1 saturated heterocycles. The van der Waals surface area contributed by atoms with Crippen molar-refractivity contribution >= 4 is 16.8 Å². The second-order valence-corrected chi connectivity index (χ2v) is 5.91. The van der Waals surface area contributed by atoms with E-state index in [2.05, 4.69) is 4.98 Å². The minimum absolute atomic E-state index is 0.108. The van der Waals surface area contributed by atoms with Crippen molar-refractivity contribution in [2.24, 2.45) is 0 Å². The average Bonchev–Trinajstić information content (AvgIpc) is 2.58. The maximum absolute atomic E-state index is 13.3. The van der Waals surface area contributed by atoms with Crippen LogP contribution in [0.15, 0.2) is 29.3 Å². The van der Waals surface area contributed by atoms with Gasteiger partial charge in [-0.3, -0.25) is 19.1 Å². The summed E-state index contributed by atoms with van der Waals surface area (Å²) in [6, 6.07) is 3.71. The van der Waals surface area contributed by atoms with E-state index in [1.807, 2.05) is 0 Å². The summed E-state index contributed by atoms with van der Waals surface area (Å²) >= 11 is 0. The van der Waals surface area contributed by atoms with Gasteiger partial charge in [0, 0.05) is 26.2 Å². The van der Waals surface area contributed by atoms with Crippen LogP contribution in [0, 0.1) is 5.82 Å². The van der Waals surface area contributed by atoms with Crippen LogP contribution < -0.4 is 5.56 Å². The summed E-state index contributed by atoms with van der Waals surface area (Å²) < 4.78 is 39.2. The number of benzene rings is 1. The molecule has 0 bridgehead atoms. The zero-order chi connectivity index (χ0) is 18.0. The first-order chi connectivity index (χ1) is 11.9. The van der Waals surface area contributed by atoms with Crippen LogP contribution in [0.4, 0.5) is 13.2 Å². The molecule has 1 aliphatic rings. The number of hydrogen-bond acceptors (Lipinski definition) is 4. The van der Waals surface area contributed by atoms with Crippen LogP contribution in [0.3, 0.4) is 0 Å². The van der Waals surface area contributed by atoms with E-state index in [0.29, 0.717) is 31.7 Å². The van der Waals surface area contributed by atoms with Gasteiger partial charge in [-0.1, -0.05) is 0 Å². The van der Waals surface area contributed by atoms with Crippen molar-refractivity contribution in [3.05, 3.63) is 40.7 Å². The highest BCUT2D eigenvalue weighted by atomic mass is 19.3. The number of amides is 1. The Labute approximate surface area is 141 Å². The van der Waals surface area contributed by atoms with Crippen LogP contribution in [-0.2, 0) is 11.3 Å². The van der Waals surface area contributed by atoms with Crippen molar-refractivity contribution in [1.29, 1.82) is 0 Å². The molecule has 0 spiro atoms. The molecule has 25 heavy (non-hydrogen) atoms. The van der Waals surface area contributed by atoms with Gasteiger partial charge >= 0.3 is 0 Å². The molecule has 0 unspecified atom stereocenters. The predicted octanol–water partition coefficient (Wildman–Crippen LogP) is 0.945. The highest BCUT2D eigenvalue weighted by Crippen LogP contribution is 2.09. The molecule has 1 fully saturated rings. The molecule has 0 atom stereocenters. The van der Waals surface area contributed by atoms with Crippen LogP contribution in [0.5, 0.6) is 0 Å². The van der Waals surface area contributed by atoms with Gasteiger partial charge in [0.2, 0.25) is 5.91 Å². The maximum Gasteiger partial charge on any atom is 0.261 e. The third-order valence-electron chi connectivity index (χ3n) is 4.21. The van der Waals surface area contributed by atoms with Gasteiger partial charge in [-0.15, -0.1) is 0 Å². The smallest absolute Gasteiger partial charge is 0.261 e. The molecule has 1 aliphatic heterocycles. The first-order valence-electron chi connectivity index (χ1n) is 7.87. The van der Waals surface area contributed by atoms with E-state index < -0.39 is 17.8 Å². The predicted molar refractivity (Wildman–Crippen MR) is 85.0 cm³/mol. The van der Waals surface area contributed by atoms with Gasteiger partial charge in [-0.25, -0.2) is 18.2 Å². The van der Waals surface area contributed by atoms with Crippen LogP contribution in [0.2, 0.25) is 0 Å². The minimum Gasteiger partial charge on any atom is -0.339 e. The fourth-order valence-electron chi connectivity index (χ4n) is 2.86. The second-order valence-electron chi connectivity index (χ2n) is 5.91. The lowest BCUT2D eigenvalue weighted by Crippen LogP contribution is -2.50. The van der Waals surface area contributed by atoms with Gasteiger partial charge in [0.1, 0.15) is 12.4 Å². The second kappa shape index (κ2) is 7.22. The van der Waals surface area contributed by atoms with Gasteiger partial charge in [-0.2, -0.15) is 0 Å². The fraction of sp³-hybridized carbons (Fsp3) is 0.438. The summed E-state index contributed by atoms with van der Waals surface area (Å²) in [5, 5.41) is 0.108. The molecule has 134 valence electrons. The SMILES string of the molecule is O=C(Cn1cnc2ccc(F)cc2c1=O)N1CCN(CC(F)F)CC1. The molecule has 9 heteroatoms. The van der Waals surface area contributed by atoms with Gasteiger partial charge in [0.05, 0.1) is 23.8 Å². The molecule has 1 aromatic carbocycles. The Hall–Kier alpha value is -2.42. The van der Waals surface area contributed by atoms with Crippen molar-refractivity contribution in [3.8, 4) is 0 Å². The fourth-order valence-corrected chi connectivity index (χ4v) is 2.86. The molecule has 1 aromatic heterocycles. The Morgan fingerprint density at radius 3 is 2.60 bits per heavy atom. The van der Waals surface area contributed by atoms with E-state index in [1.165, 1.54) is 23.4 Å². The maximum atomic E-state index is 13.3. The summed E-state index contributed by atoms with van der Waals surface area (Å²) in [5.41, 5.74) is -0.134. The Balaban J connectivity index is 1.69. The Bertz CT molecular complexity index is 832. The van der Waals surface area contributed by atoms with Gasteiger partial charge in [0.25, 0.3) is 12.0 Å². The number of halogens is 3. The van der Waals surface area contributed by atoms with Crippen LogP contribution >= 0.6 is 0 Å². The number of aromatic nitrogens is 2. The third-order valence-corrected chi connectivity index (χ3v) is 4.21. The highest BCUT2D eigenvalue weighted by molar-refractivity contribution is 5.79. The van der Waals surface area contributed by atoms with E-state index in [1.54, 1.807) is 4.90 Å². The number of fused-ring (bicyclic) bond motifs is 1. The summed E-state index contributed by atoms with van der Waals surface area (Å²) in [7, 11) is 0. The zero-order valence-corrected chi connectivity index (χ0v) is 13.4. The Kier molecular flexibility index (Phi) is 5.03. The number of hydrogen-bond donors (Lipinski definition) is 0. The van der Waals surface area contributed by atoms with Crippen molar-refractivity contribution in [2.75, 3.05) is 32.7 Å². The van der Waals surface area contributed by atoms with E-state index in [4.69, 9.17) is 0 Å². The van der Waals surface area contributed by atoms with Gasteiger partial charge in [0.15, 0.2) is 0 Å². The number of rotatable bonds is 4. The first kappa shape index (κ1) is 17.4.